The molecule has 3 aromatic rings. The van der Waals surface area contributed by atoms with Gasteiger partial charge < -0.3 is 4.74 Å². The standard InChI is InChI=1S/C20H19ClN2O2S/c21-15-8-9-17-18(11-15)22-20(26-13-14-5-2-1-3-6-14)23(19(17)24)12-16-7-4-10-25-16/h1-3,5-6,8-9,11,16H,4,7,10,12-13H2/t16-/m1/s1. The molecule has 134 valence electrons. The molecule has 2 heterocycles. The number of fused-ring (bicyclic) bond motifs is 1. The third-order valence-electron chi connectivity index (χ3n) is 4.50. The minimum Gasteiger partial charge on any atom is -0.376 e. The molecule has 0 aliphatic carbocycles. The molecule has 4 rings (SSSR count). The molecule has 0 N–H and O–H groups in total. The number of hydrogen-bond donors (Lipinski definition) is 0. The van der Waals surface area contributed by atoms with Gasteiger partial charge in [0, 0.05) is 17.4 Å². The van der Waals surface area contributed by atoms with E-state index in [4.69, 9.17) is 21.3 Å². The molecular formula is C20H19ClN2O2S. The molecule has 4 nitrogen and oxygen atoms in total. The second-order valence-electron chi connectivity index (χ2n) is 6.38. The lowest BCUT2D eigenvalue weighted by Crippen LogP contribution is -2.28. The van der Waals surface area contributed by atoms with Gasteiger partial charge in [0.2, 0.25) is 0 Å². The summed E-state index contributed by atoms with van der Waals surface area (Å²) in [5.41, 5.74) is 1.81. The largest absolute Gasteiger partial charge is 0.376 e. The van der Waals surface area contributed by atoms with Crippen molar-refractivity contribution in [1.82, 2.24) is 9.55 Å². The van der Waals surface area contributed by atoms with Crippen LogP contribution in [0.25, 0.3) is 10.9 Å². The van der Waals surface area contributed by atoms with Crippen LogP contribution in [0.5, 0.6) is 0 Å². The van der Waals surface area contributed by atoms with E-state index in [2.05, 4.69) is 12.1 Å². The van der Waals surface area contributed by atoms with Crippen LogP contribution in [0.2, 0.25) is 5.02 Å². The molecular weight excluding hydrogens is 368 g/mol. The Kier molecular flexibility index (Phi) is 5.29. The van der Waals surface area contributed by atoms with Gasteiger partial charge in [0.1, 0.15) is 0 Å². The summed E-state index contributed by atoms with van der Waals surface area (Å²) in [6, 6.07) is 15.4. The van der Waals surface area contributed by atoms with Crippen molar-refractivity contribution in [3.8, 4) is 0 Å². The summed E-state index contributed by atoms with van der Waals surface area (Å²) in [4.78, 5) is 17.8. The Morgan fingerprint density at radius 1 is 1.23 bits per heavy atom. The Bertz CT molecular complexity index is 969. The van der Waals surface area contributed by atoms with Gasteiger partial charge in [-0.3, -0.25) is 9.36 Å². The number of rotatable bonds is 5. The lowest BCUT2D eigenvalue weighted by molar-refractivity contribution is 0.0937. The van der Waals surface area contributed by atoms with E-state index in [9.17, 15) is 4.79 Å². The summed E-state index contributed by atoms with van der Waals surface area (Å²) in [7, 11) is 0. The van der Waals surface area contributed by atoms with E-state index in [1.165, 1.54) is 5.56 Å². The van der Waals surface area contributed by atoms with Gasteiger partial charge in [-0.2, -0.15) is 0 Å². The van der Waals surface area contributed by atoms with Crippen molar-refractivity contribution in [1.29, 1.82) is 0 Å². The average Bonchev–Trinajstić information content (AvgIpc) is 3.16. The van der Waals surface area contributed by atoms with Crippen LogP contribution in [0.1, 0.15) is 18.4 Å². The van der Waals surface area contributed by atoms with Crippen molar-refractivity contribution in [3.63, 3.8) is 0 Å². The molecule has 1 atom stereocenters. The maximum Gasteiger partial charge on any atom is 0.262 e. The maximum absolute atomic E-state index is 13.1. The molecule has 0 saturated carbocycles. The van der Waals surface area contributed by atoms with Crippen LogP contribution in [-0.4, -0.2) is 22.3 Å². The van der Waals surface area contributed by atoms with Crippen molar-refractivity contribution >= 4 is 34.3 Å². The van der Waals surface area contributed by atoms with E-state index in [0.29, 0.717) is 27.6 Å². The number of nitrogens with zero attached hydrogens (tertiary/aromatic N) is 2. The monoisotopic (exact) mass is 386 g/mol. The van der Waals surface area contributed by atoms with Crippen molar-refractivity contribution in [2.45, 2.75) is 36.4 Å². The summed E-state index contributed by atoms with van der Waals surface area (Å²) in [6.07, 6.45) is 2.10. The molecule has 1 aliphatic rings. The molecule has 0 unspecified atom stereocenters. The highest BCUT2D eigenvalue weighted by Crippen LogP contribution is 2.25. The Hall–Kier alpha value is -1.82. The van der Waals surface area contributed by atoms with Crippen molar-refractivity contribution in [3.05, 3.63) is 69.5 Å². The van der Waals surface area contributed by atoms with Crippen LogP contribution in [0.15, 0.2) is 58.5 Å². The maximum atomic E-state index is 13.1. The highest BCUT2D eigenvalue weighted by Gasteiger charge is 2.20. The minimum atomic E-state index is -0.0299. The van der Waals surface area contributed by atoms with Crippen molar-refractivity contribution in [2.24, 2.45) is 0 Å². The van der Waals surface area contributed by atoms with Crippen LogP contribution in [-0.2, 0) is 17.0 Å². The van der Waals surface area contributed by atoms with Crippen LogP contribution < -0.4 is 5.56 Å². The lowest BCUT2D eigenvalue weighted by Gasteiger charge is -2.16. The number of halogens is 1. The Labute approximate surface area is 161 Å². The number of hydrogen-bond acceptors (Lipinski definition) is 4. The van der Waals surface area contributed by atoms with Gasteiger partial charge in [-0.05, 0) is 36.6 Å². The number of benzene rings is 2. The van der Waals surface area contributed by atoms with E-state index < -0.39 is 0 Å². The van der Waals surface area contributed by atoms with E-state index in [-0.39, 0.29) is 11.7 Å². The predicted molar refractivity (Wildman–Crippen MR) is 106 cm³/mol. The SMILES string of the molecule is O=c1c2ccc(Cl)cc2nc(SCc2ccccc2)n1C[C@H]1CCCO1. The van der Waals surface area contributed by atoms with Crippen LogP contribution >= 0.6 is 23.4 Å². The quantitative estimate of drug-likeness (QED) is 0.477. The molecule has 1 aromatic heterocycles. The lowest BCUT2D eigenvalue weighted by atomic mass is 10.2. The third-order valence-corrected chi connectivity index (χ3v) is 5.79. The Morgan fingerprint density at radius 3 is 2.85 bits per heavy atom. The predicted octanol–water partition coefficient (Wildman–Crippen LogP) is 4.52. The molecule has 0 amide bonds. The fourth-order valence-electron chi connectivity index (χ4n) is 3.16. The fraction of sp³-hybridized carbons (Fsp3) is 0.300. The fourth-order valence-corrected chi connectivity index (χ4v) is 4.29. The first kappa shape index (κ1) is 17.6. The van der Waals surface area contributed by atoms with Gasteiger partial charge in [-0.15, -0.1) is 0 Å². The van der Waals surface area contributed by atoms with Crippen LogP contribution in [0.3, 0.4) is 0 Å². The highest BCUT2D eigenvalue weighted by molar-refractivity contribution is 7.98. The molecule has 6 heteroatoms. The van der Waals surface area contributed by atoms with Crippen LogP contribution in [0.4, 0.5) is 0 Å². The smallest absolute Gasteiger partial charge is 0.262 e. The van der Waals surface area contributed by atoms with Gasteiger partial charge in [0.25, 0.3) is 5.56 Å². The molecule has 0 bridgehead atoms. The van der Waals surface area contributed by atoms with Crippen molar-refractivity contribution in [2.75, 3.05) is 6.61 Å². The summed E-state index contributed by atoms with van der Waals surface area (Å²) < 4.78 is 7.51. The Morgan fingerprint density at radius 2 is 2.08 bits per heavy atom. The highest BCUT2D eigenvalue weighted by atomic mass is 35.5. The van der Waals surface area contributed by atoms with Gasteiger partial charge >= 0.3 is 0 Å². The third kappa shape index (κ3) is 3.80. The zero-order chi connectivity index (χ0) is 17.9. The van der Waals surface area contributed by atoms with E-state index >= 15 is 0 Å². The molecule has 1 fully saturated rings. The second-order valence-corrected chi connectivity index (χ2v) is 7.76. The van der Waals surface area contributed by atoms with E-state index in [1.807, 2.05) is 18.2 Å². The molecule has 26 heavy (non-hydrogen) atoms. The summed E-state index contributed by atoms with van der Waals surface area (Å²) in [5, 5.41) is 1.89. The van der Waals surface area contributed by atoms with Crippen LogP contribution in [0, 0.1) is 0 Å². The summed E-state index contributed by atoms with van der Waals surface area (Å²) in [5.74, 6) is 0.755. The zero-order valence-electron chi connectivity index (χ0n) is 14.2. The summed E-state index contributed by atoms with van der Waals surface area (Å²) in [6.45, 7) is 1.31. The van der Waals surface area contributed by atoms with Crippen molar-refractivity contribution < 1.29 is 4.74 Å². The number of ether oxygens (including phenoxy) is 1. The first-order chi connectivity index (χ1) is 12.7. The first-order valence-electron chi connectivity index (χ1n) is 8.69. The van der Waals surface area contributed by atoms with Gasteiger partial charge in [0.05, 0.1) is 23.6 Å². The normalized spacial score (nSPS) is 17.0. The second kappa shape index (κ2) is 7.82. The molecule has 0 spiro atoms. The summed E-state index contributed by atoms with van der Waals surface area (Å²) >= 11 is 7.67. The zero-order valence-corrected chi connectivity index (χ0v) is 15.8. The number of aromatic nitrogens is 2. The molecule has 0 radical (unpaired) electrons. The molecule has 1 aliphatic heterocycles. The average molecular weight is 387 g/mol. The van der Waals surface area contributed by atoms with E-state index in [0.717, 1.165) is 25.2 Å². The number of thioether (sulfide) groups is 1. The van der Waals surface area contributed by atoms with Gasteiger partial charge in [0.15, 0.2) is 5.16 Å². The molecule has 2 aromatic carbocycles. The van der Waals surface area contributed by atoms with E-state index in [1.54, 1.807) is 34.5 Å². The van der Waals surface area contributed by atoms with Gasteiger partial charge in [-0.1, -0.05) is 53.7 Å². The topological polar surface area (TPSA) is 44.1 Å². The molecule has 1 saturated heterocycles. The Balaban J connectivity index is 1.72. The minimum absolute atomic E-state index is 0.0299. The first-order valence-corrected chi connectivity index (χ1v) is 10.1. The van der Waals surface area contributed by atoms with Gasteiger partial charge in [-0.25, -0.2) is 4.98 Å².